The molecule has 0 unspecified atom stereocenters. The molecule has 0 radical (unpaired) electrons. The highest BCUT2D eigenvalue weighted by Crippen LogP contribution is 2.37. The van der Waals surface area contributed by atoms with Gasteiger partial charge in [0.2, 0.25) is 0 Å². The summed E-state index contributed by atoms with van der Waals surface area (Å²) in [5.41, 5.74) is 4.94. The Bertz CT molecular complexity index is 1310. The van der Waals surface area contributed by atoms with E-state index in [1.54, 1.807) is 30.3 Å². The van der Waals surface area contributed by atoms with Crippen molar-refractivity contribution in [3.8, 4) is 39.9 Å². The largest absolute Gasteiger partial charge is 0.508 e. The second-order valence-corrected chi connectivity index (χ2v) is 8.39. The zero-order valence-corrected chi connectivity index (χ0v) is 17.9. The number of aryl methyl sites for hydroxylation is 2. The number of hydrogen-bond acceptors (Lipinski definition) is 5. The van der Waals surface area contributed by atoms with Crippen LogP contribution in [0.3, 0.4) is 0 Å². The van der Waals surface area contributed by atoms with Gasteiger partial charge in [-0.3, -0.25) is 0 Å². The van der Waals surface area contributed by atoms with Crippen LogP contribution in [0.15, 0.2) is 78.9 Å². The summed E-state index contributed by atoms with van der Waals surface area (Å²) in [6, 6.07) is 23.0. The minimum atomic E-state index is -0.844. The molecule has 4 N–H and O–H groups in total. The Labute approximate surface area is 191 Å². The van der Waals surface area contributed by atoms with E-state index in [1.165, 1.54) is 6.07 Å². The fourth-order valence-electron chi connectivity index (χ4n) is 4.27. The quantitative estimate of drug-likeness (QED) is 0.284. The molecule has 0 amide bonds. The van der Waals surface area contributed by atoms with Crippen LogP contribution in [0.1, 0.15) is 28.4 Å². The summed E-state index contributed by atoms with van der Waals surface area (Å²) in [6.45, 7) is 0. The van der Waals surface area contributed by atoms with Gasteiger partial charge in [-0.25, -0.2) is 0 Å². The van der Waals surface area contributed by atoms with Crippen molar-refractivity contribution in [2.24, 2.45) is 0 Å². The van der Waals surface area contributed by atoms with Gasteiger partial charge in [0.05, 0.1) is 6.10 Å². The summed E-state index contributed by atoms with van der Waals surface area (Å²) in [6.07, 6.45) is 0.855. The minimum Gasteiger partial charge on any atom is -0.508 e. The van der Waals surface area contributed by atoms with Crippen LogP contribution in [0.25, 0.3) is 11.1 Å². The normalized spacial score (nSPS) is 15.4. The summed E-state index contributed by atoms with van der Waals surface area (Å²) in [5.74, 6) is 1.14. The van der Waals surface area contributed by atoms with Crippen LogP contribution < -0.4 is 4.74 Å². The summed E-state index contributed by atoms with van der Waals surface area (Å²) < 4.78 is 5.88. The van der Waals surface area contributed by atoms with Gasteiger partial charge in [0.25, 0.3) is 0 Å². The molecule has 4 heterocycles. The van der Waals surface area contributed by atoms with Crippen LogP contribution in [0.2, 0.25) is 0 Å². The van der Waals surface area contributed by atoms with Crippen LogP contribution >= 0.6 is 0 Å². The molecule has 4 aromatic rings. The number of aliphatic hydroxyl groups is 1. The monoisotopic (exact) mass is 440 g/mol. The fourth-order valence-corrected chi connectivity index (χ4v) is 4.27. The average molecular weight is 440 g/mol. The molecule has 0 spiro atoms. The van der Waals surface area contributed by atoms with Gasteiger partial charge >= 0.3 is 0 Å². The molecule has 0 saturated heterocycles. The van der Waals surface area contributed by atoms with Crippen molar-refractivity contribution in [2.45, 2.75) is 25.4 Å². The van der Waals surface area contributed by atoms with Crippen LogP contribution in [0.5, 0.6) is 28.7 Å². The maximum atomic E-state index is 10.8. The van der Waals surface area contributed by atoms with E-state index in [0.717, 1.165) is 28.7 Å². The first-order valence-electron chi connectivity index (χ1n) is 10.9. The molecule has 4 aliphatic rings. The Hall–Kier alpha value is -3.96. The zero-order chi connectivity index (χ0) is 22.9. The van der Waals surface area contributed by atoms with E-state index < -0.39 is 6.10 Å². The predicted octanol–water partition coefficient (Wildman–Crippen LogP) is 5.64. The summed E-state index contributed by atoms with van der Waals surface area (Å²) in [7, 11) is 0. The average Bonchev–Trinajstić information content (AvgIpc) is 2.80. The number of aliphatic hydroxyl groups excluding tert-OH is 1. The molecule has 5 heteroatoms. The van der Waals surface area contributed by atoms with Crippen molar-refractivity contribution >= 4 is 0 Å². The van der Waals surface area contributed by atoms with Gasteiger partial charge in [0, 0.05) is 12.0 Å². The molecule has 4 aromatic carbocycles. The Morgan fingerprint density at radius 3 is 2.21 bits per heavy atom. The van der Waals surface area contributed by atoms with Gasteiger partial charge in [-0.15, -0.1) is 0 Å². The third kappa shape index (κ3) is 4.36. The van der Waals surface area contributed by atoms with Crippen LogP contribution in [-0.2, 0) is 19.3 Å². The Kier molecular flexibility index (Phi) is 5.40. The number of benzene rings is 4. The van der Waals surface area contributed by atoms with E-state index >= 15 is 0 Å². The maximum Gasteiger partial charge on any atom is 0.169 e. The molecule has 166 valence electrons. The highest BCUT2D eigenvalue weighted by molar-refractivity contribution is 5.74. The van der Waals surface area contributed by atoms with E-state index in [9.17, 15) is 20.4 Å². The van der Waals surface area contributed by atoms with Gasteiger partial charge in [-0.1, -0.05) is 36.4 Å². The number of rotatable bonds is 0. The second kappa shape index (κ2) is 8.52. The Morgan fingerprint density at radius 2 is 1.42 bits per heavy atom. The highest BCUT2D eigenvalue weighted by atomic mass is 16.5. The number of phenolic OH excluding ortho intramolecular Hbond substituents is 3. The first-order chi connectivity index (χ1) is 16.0. The van der Waals surface area contributed by atoms with E-state index in [0.29, 0.717) is 23.3 Å². The maximum absolute atomic E-state index is 10.8. The standard InChI is InChI=1S/C28H24O5/c29-21-7-11-23-19(15-21)5-1-17-2-8-22(9-3-17)33-28-16-20(6-12-25(28)30)26(31)13-18-4-10-24(23)27(32)14-18/h2-4,6-12,14-16,26,29-32H,1,5,13H2/t26-/m0/s1. The van der Waals surface area contributed by atoms with E-state index in [4.69, 9.17) is 4.74 Å². The van der Waals surface area contributed by atoms with Crippen molar-refractivity contribution in [1.29, 1.82) is 0 Å². The summed E-state index contributed by atoms with van der Waals surface area (Å²) >= 11 is 0. The number of ether oxygens (including phenoxy) is 1. The lowest BCUT2D eigenvalue weighted by atomic mass is 9.92. The molecule has 6 bridgehead atoms. The number of hydrogen-bond donors (Lipinski definition) is 4. The topological polar surface area (TPSA) is 90.2 Å². The van der Waals surface area contributed by atoms with Gasteiger partial charge in [0.1, 0.15) is 17.2 Å². The van der Waals surface area contributed by atoms with E-state index in [2.05, 4.69) is 0 Å². The first-order valence-corrected chi connectivity index (χ1v) is 10.9. The third-order valence-corrected chi connectivity index (χ3v) is 6.07. The SMILES string of the molecule is Oc1ccc2c(c1)CCc1ccc(cc1)Oc1cc(ccc1O)[C@@H](O)Cc1ccc-2c(O)c1. The molecule has 0 fully saturated rings. The molecule has 0 aliphatic carbocycles. The van der Waals surface area contributed by atoms with E-state index in [1.807, 2.05) is 42.5 Å². The van der Waals surface area contributed by atoms with Crippen molar-refractivity contribution in [3.63, 3.8) is 0 Å². The smallest absolute Gasteiger partial charge is 0.169 e. The molecule has 1 atom stereocenters. The van der Waals surface area contributed by atoms with Gasteiger partial charge in [0.15, 0.2) is 11.5 Å². The molecular formula is C28H24O5. The molecule has 4 aliphatic heterocycles. The van der Waals surface area contributed by atoms with Crippen LogP contribution in [0, 0.1) is 0 Å². The van der Waals surface area contributed by atoms with Crippen LogP contribution in [0.4, 0.5) is 0 Å². The second-order valence-electron chi connectivity index (χ2n) is 8.39. The van der Waals surface area contributed by atoms with Crippen molar-refractivity contribution in [1.82, 2.24) is 0 Å². The minimum absolute atomic E-state index is 0.0113. The first kappa shape index (κ1) is 20.9. The number of phenols is 3. The van der Waals surface area contributed by atoms with Crippen molar-refractivity contribution in [2.75, 3.05) is 0 Å². The van der Waals surface area contributed by atoms with Crippen molar-refractivity contribution in [3.05, 3.63) is 101 Å². The van der Waals surface area contributed by atoms with E-state index in [-0.39, 0.29) is 29.4 Å². The summed E-state index contributed by atoms with van der Waals surface area (Å²) in [5, 5.41) is 41.9. The lowest BCUT2D eigenvalue weighted by molar-refractivity contribution is 0.178. The molecule has 5 nitrogen and oxygen atoms in total. The molecule has 0 saturated carbocycles. The fraction of sp³-hybridized carbons (Fsp3) is 0.143. The van der Waals surface area contributed by atoms with Crippen LogP contribution in [-0.4, -0.2) is 20.4 Å². The summed E-state index contributed by atoms with van der Waals surface area (Å²) in [4.78, 5) is 0. The van der Waals surface area contributed by atoms with Gasteiger partial charge in [-0.05, 0) is 83.1 Å². The van der Waals surface area contributed by atoms with Gasteiger partial charge in [-0.2, -0.15) is 0 Å². The molecular weight excluding hydrogens is 416 g/mol. The lowest BCUT2D eigenvalue weighted by Crippen LogP contribution is -2.03. The number of aromatic hydroxyl groups is 3. The van der Waals surface area contributed by atoms with Gasteiger partial charge < -0.3 is 25.2 Å². The third-order valence-electron chi connectivity index (χ3n) is 6.07. The molecule has 33 heavy (non-hydrogen) atoms. The Morgan fingerprint density at radius 1 is 0.667 bits per heavy atom. The Balaban J connectivity index is 1.61. The molecule has 0 aromatic heterocycles. The van der Waals surface area contributed by atoms with Crippen molar-refractivity contribution < 1.29 is 25.2 Å². The lowest BCUT2D eigenvalue weighted by Gasteiger charge is -2.17. The molecule has 8 rings (SSSR count). The zero-order valence-electron chi connectivity index (χ0n) is 17.9. The predicted molar refractivity (Wildman–Crippen MR) is 126 cm³/mol. The highest BCUT2D eigenvalue weighted by Gasteiger charge is 2.16.